The topological polar surface area (TPSA) is 92.0 Å². The van der Waals surface area contributed by atoms with Gasteiger partial charge in [0.05, 0.1) is 48.4 Å². The number of likely N-dealkylation sites (tertiary alicyclic amines) is 2. The van der Waals surface area contributed by atoms with Crippen molar-refractivity contribution in [3.63, 3.8) is 0 Å². The van der Waals surface area contributed by atoms with Gasteiger partial charge in [0.15, 0.2) is 0 Å². The van der Waals surface area contributed by atoms with E-state index in [1.165, 1.54) is 62.9 Å². The number of carbonyl (C=O) groups excluding carboxylic acids is 2. The molecule has 11 nitrogen and oxygen atoms in total. The minimum atomic E-state index is -0.285. The quantitative estimate of drug-likeness (QED) is 0.106. The van der Waals surface area contributed by atoms with Gasteiger partial charge in [-0.15, -0.1) is 0 Å². The first-order valence-electron chi connectivity index (χ1n) is 21.7. The Morgan fingerprint density at radius 1 is 0.742 bits per heavy atom. The zero-order chi connectivity index (χ0) is 42.7. The Hall–Kier alpha value is -4.44. The Morgan fingerprint density at radius 3 is 1.85 bits per heavy atom. The molecule has 0 spiro atoms. The van der Waals surface area contributed by atoms with Crippen molar-refractivity contribution in [3.05, 3.63) is 136 Å². The minimum Gasteiger partial charge on any atom is -0.453 e. The number of ether oxygens (including phenoxy) is 1. The van der Waals surface area contributed by atoms with Gasteiger partial charge in [-0.05, 0) is 111 Å². The van der Waals surface area contributed by atoms with Crippen molar-refractivity contribution in [2.45, 2.75) is 72.6 Å². The molecular weight excluding hydrogens is 835 g/mol. The molecule has 13 heteroatoms. The summed E-state index contributed by atoms with van der Waals surface area (Å²) < 4.78 is 10.4. The fraction of sp³-hybridized carbons (Fsp3) is 0.408. The first kappa shape index (κ1) is 47.0. The smallest absolute Gasteiger partial charge is 0.453 e. The summed E-state index contributed by atoms with van der Waals surface area (Å²) in [5.74, 6) is 1.60. The van der Waals surface area contributed by atoms with E-state index in [1.807, 2.05) is 60.0 Å². The number of fused-ring (bicyclic) bond motifs is 3. The maximum atomic E-state index is 12.7. The van der Waals surface area contributed by atoms with Crippen molar-refractivity contribution in [1.29, 1.82) is 0 Å². The van der Waals surface area contributed by atoms with Crippen LogP contribution in [0, 0.1) is 5.92 Å². The molecule has 0 radical (unpaired) electrons. The summed E-state index contributed by atoms with van der Waals surface area (Å²) in [4.78, 5) is 42.7. The number of aromatic nitrogens is 4. The van der Waals surface area contributed by atoms with Gasteiger partial charge in [-0.3, -0.25) is 4.79 Å². The minimum absolute atomic E-state index is 0. The molecule has 0 bridgehead atoms. The van der Waals surface area contributed by atoms with Gasteiger partial charge in [-0.1, -0.05) is 64.5 Å². The van der Waals surface area contributed by atoms with Crippen LogP contribution in [0.15, 0.2) is 102 Å². The van der Waals surface area contributed by atoms with Crippen LogP contribution >= 0.6 is 15.9 Å². The summed E-state index contributed by atoms with van der Waals surface area (Å²) in [6.45, 7) is 17.0. The molecular formula is C49H60BrLiN8O3. The monoisotopic (exact) mass is 894 g/mol. The second-order valence-corrected chi connectivity index (χ2v) is 17.7. The van der Waals surface area contributed by atoms with Crippen LogP contribution in [-0.2, 0) is 30.9 Å². The zero-order valence-electron chi connectivity index (χ0n) is 37.2. The van der Waals surface area contributed by atoms with Gasteiger partial charge in [-0.2, -0.15) is 20.8 Å². The van der Waals surface area contributed by atoms with E-state index in [0.717, 1.165) is 95.6 Å². The molecule has 4 aromatic carbocycles. The number of para-hydroxylation sites is 4. The largest absolute Gasteiger partial charge is 1.00 e. The predicted molar refractivity (Wildman–Crippen MR) is 247 cm³/mol. The van der Waals surface area contributed by atoms with E-state index in [9.17, 15) is 9.59 Å². The SMILES string of the molecule is COC(=O)N(CCN1CCCC1)Cc1cc(Cn2cnc3ccccc32)ccc1Br.C[C-](C)C.O=C1c2ccc(Cn3cnc4ccccc43)cc2CN1CCN1CCCC1.[Li+]. The van der Waals surface area contributed by atoms with Gasteiger partial charge in [0.2, 0.25) is 0 Å². The second kappa shape index (κ2) is 22.8. The van der Waals surface area contributed by atoms with Crippen molar-refractivity contribution < 1.29 is 33.2 Å². The van der Waals surface area contributed by atoms with E-state index in [2.05, 4.69) is 108 Å². The Labute approximate surface area is 387 Å². The van der Waals surface area contributed by atoms with Crippen LogP contribution in [0.4, 0.5) is 4.79 Å². The molecule has 62 heavy (non-hydrogen) atoms. The molecule has 2 aromatic heterocycles. The molecule has 0 aliphatic carbocycles. The Bertz CT molecular complexity index is 2380. The first-order valence-corrected chi connectivity index (χ1v) is 22.5. The number of imidazole rings is 2. The van der Waals surface area contributed by atoms with Gasteiger partial charge in [0.1, 0.15) is 0 Å². The van der Waals surface area contributed by atoms with Crippen LogP contribution in [0.2, 0.25) is 0 Å². The summed E-state index contributed by atoms with van der Waals surface area (Å²) in [6, 6.07) is 28.9. The number of halogens is 1. The number of hydrogen-bond donors (Lipinski definition) is 0. The fourth-order valence-electron chi connectivity index (χ4n) is 8.33. The molecule has 0 N–H and O–H groups in total. The Balaban J connectivity index is 0.000000188. The summed E-state index contributed by atoms with van der Waals surface area (Å²) in [6.07, 6.45) is 8.56. The third-order valence-electron chi connectivity index (χ3n) is 11.5. The van der Waals surface area contributed by atoms with E-state index in [1.54, 1.807) is 4.90 Å². The molecule has 0 saturated carbocycles. The van der Waals surface area contributed by atoms with Crippen LogP contribution in [0.3, 0.4) is 0 Å². The number of carbonyl (C=O) groups is 2. The third-order valence-corrected chi connectivity index (χ3v) is 12.3. The summed E-state index contributed by atoms with van der Waals surface area (Å²) in [5, 5.41) is 0. The Kier molecular flexibility index (Phi) is 17.3. The molecule has 2 saturated heterocycles. The first-order chi connectivity index (χ1) is 29.6. The van der Waals surface area contributed by atoms with E-state index < -0.39 is 0 Å². The van der Waals surface area contributed by atoms with Crippen molar-refractivity contribution >= 4 is 50.0 Å². The number of benzene rings is 4. The molecule has 9 rings (SSSR count). The predicted octanol–water partition coefficient (Wildman–Crippen LogP) is 6.27. The van der Waals surface area contributed by atoms with Crippen LogP contribution in [0.5, 0.6) is 0 Å². The maximum Gasteiger partial charge on any atom is 1.00 e. The summed E-state index contributed by atoms with van der Waals surface area (Å²) in [5.41, 5.74) is 9.75. The van der Waals surface area contributed by atoms with E-state index in [-0.39, 0.29) is 30.9 Å². The fourth-order valence-corrected chi connectivity index (χ4v) is 8.71. The zero-order valence-corrected chi connectivity index (χ0v) is 38.8. The average Bonchev–Trinajstić information content (AvgIpc) is 4.13. The Morgan fingerprint density at radius 2 is 1.27 bits per heavy atom. The number of amides is 2. The third kappa shape index (κ3) is 12.4. The average molecular weight is 896 g/mol. The second-order valence-electron chi connectivity index (χ2n) is 16.9. The molecule has 0 unspecified atom stereocenters. The van der Waals surface area contributed by atoms with Gasteiger partial charge in [0, 0.05) is 55.8 Å². The molecule has 5 heterocycles. The van der Waals surface area contributed by atoms with Crippen LogP contribution in [0.25, 0.3) is 22.1 Å². The number of nitrogens with zero attached hydrogens (tertiary/aromatic N) is 8. The summed E-state index contributed by atoms with van der Waals surface area (Å²) >= 11 is 3.66. The van der Waals surface area contributed by atoms with E-state index in [4.69, 9.17) is 4.74 Å². The van der Waals surface area contributed by atoms with Crippen LogP contribution in [-0.4, -0.2) is 110 Å². The maximum absolute atomic E-state index is 12.7. The van der Waals surface area contributed by atoms with Crippen molar-refractivity contribution in [2.75, 3.05) is 59.5 Å². The van der Waals surface area contributed by atoms with Gasteiger partial charge in [0.25, 0.3) is 5.91 Å². The van der Waals surface area contributed by atoms with Gasteiger partial charge < -0.3 is 39.4 Å². The molecule has 0 atom stereocenters. The van der Waals surface area contributed by atoms with Crippen LogP contribution in [0.1, 0.15) is 79.1 Å². The van der Waals surface area contributed by atoms with E-state index >= 15 is 0 Å². The van der Waals surface area contributed by atoms with Crippen molar-refractivity contribution in [2.24, 2.45) is 0 Å². The number of hydrogen-bond acceptors (Lipinski definition) is 7. The standard InChI is InChI=1S/C23H27BrN4O2.C22H24N4O.C4H9.Li/c1-30-23(29)27(13-12-26-10-4-5-11-26)16-19-14-18(8-9-20(19)24)15-28-17-25-21-6-2-3-7-22(21)28;27-22-19-8-7-17(14-26-16-23-20-5-1-2-6-21(20)26)13-18(19)15-25(22)12-11-24-9-3-4-10-24;1-4(2)3;/h2-3,6-9,14,17H,4-5,10-13,15-16H2,1H3;1-2,5-8,13,16H,3-4,9-12,14-15H2;1-3H3;/q;;-1;+1. The molecule has 3 aliphatic heterocycles. The van der Waals surface area contributed by atoms with Gasteiger partial charge >= 0.3 is 25.0 Å². The molecule has 322 valence electrons. The van der Waals surface area contributed by atoms with E-state index in [0.29, 0.717) is 13.1 Å². The van der Waals surface area contributed by atoms with Crippen LogP contribution < -0.4 is 18.9 Å². The van der Waals surface area contributed by atoms with Gasteiger partial charge in [-0.25, -0.2) is 14.8 Å². The summed E-state index contributed by atoms with van der Waals surface area (Å²) in [7, 11) is 1.45. The van der Waals surface area contributed by atoms with Crippen molar-refractivity contribution in [3.8, 4) is 0 Å². The van der Waals surface area contributed by atoms with Crippen molar-refractivity contribution in [1.82, 2.24) is 38.7 Å². The molecule has 2 amide bonds. The molecule has 6 aromatic rings. The molecule has 3 aliphatic rings. The number of rotatable bonds is 12. The normalized spacial score (nSPS) is 15.0. The molecule has 2 fully saturated rings. The number of methoxy groups -OCH3 is 1.